The summed E-state index contributed by atoms with van der Waals surface area (Å²) in [5.41, 5.74) is 1.46. The summed E-state index contributed by atoms with van der Waals surface area (Å²) < 4.78 is 12.3. The van der Waals surface area contributed by atoms with Crippen LogP contribution in [0.25, 0.3) is 10.8 Å². The fourth-order valence-electron chi connectivity index (χ4n) is 5.11. The highest BCUT2D eigenvalue weighted by molar-refractivity contribution is 5.88. The van der Waals surface area contributed by atoms with Crippen LogP contribution in [-0.2, 0) is 11.3 Å². The maximum atomic E-state index is 6.36. The zero-order valence-electron chi connectivity index (χ0n) is 18.2. The van der Waals surface area contributed by atoms with Crippen LogP contribution in [0.4, 0.5) is 0 Å². The Balaban J connectivity index is 1.31. The highest BCUT2D eigenvalue weighted by atomic mass is 16.5. The van der Waals surface area contributed by atoms with Crippen LogP contribution in [0.2, 0.25) is 0 Å². The van der Waals surface area contributed by atoms with Gasteiger partial charge in [-0.05, 0) is 94.3 Å². The van der Waals surface area contributed by atoms with Crippen molar-refractivity contribution in [1.29, 1.82) is 0 Å². The van der Waals surface area contributed by atoms with E-state index in [1.54, 1.807) is 0 Å². The van der Waals surface area contributed by atoms with Crippen molar-refractivity contribution < 1.29 is 9.47 Å². The fraction of sp³-hybridized carbons (Fsp3) is 0.615. The zero-order valence-corrected chi connectivity index (χ0v) is 18.2. The number of hydrogen-bond donors (Lipinski definition) is 1. The van der Waals surface area contributed by atoms with Gasteiger partial charge in [-0.2, -0.15) is 0 Å². The first kappa shape index (κ1) is 20.7. The van der Waals surface area contributed by atoms with Crippen LogP contribution in [0.5, 0.6) is 5.75 Å². The lowest BCUT2D eigenvalue weighted by atomic mass is 9.69. The summed E-state index contributed by atoms with van der Waals surface area (Å²) in [5.74, 6) is 1.75. The van der Waals surface area contributed by atoms with Crippen molar-refractivity contribution in [1.82, 2.24) is 5.32 Å². The van der Waals surface area contributed by atoms with Gasteiger partial charge in [0.2, 0.25) is 0 Å². The molecule has 0 aliphatic heterocycles. The van der Waals surface area contributed by atoms with E-state index in [1.165, 1.54) is 67.7 Å². The monoisotopic (exact) mass is 395 g/mol. The van der Waals surface area contributed by atoms with Crippen molar-refractivity contribution in [2.24, 2.45) is 5.92 Å². The second-order valence-corrected chi connectivity index (χ2v) is 9.14. The molecular formula is C26H37NO2. The molecule has 0 spiro atoms. The highest BCUT2D eigenvalue weighted by Gasteiger charge is 2.42. The summed E-state index contributed by atoms with van der Waals surface area (Å²) in [4.78, 5) is 0. The standard InChI is InChI=1S/C26H37NO2/c1-3-28-26(2)16-14-22(26)15-17-27-19-20-12-13-24-21(18-20)8-7-11-25(24)29-23-9-5-4-6-10-23/h7-8,11-13,18,22-23,27H,3-6,9-10,14-17,19H2,1-2H3. The number of rotatable bonds is 9. The largest absolute Gasteiger partial charge is 0.490 e. The van der Waals surface area contributed by atoms with Crippen LogP contribution in [0.1, 0.15) is 70.8 Å². The first-order valence-electron chi connectivity index (χ1n) is 11.7. The summed E-state index contributed by atoms with van der Waals surface area (Å²) in [7, 11) is 0. The minimum absolute atomic E-state index is 0.119. The van der Waals surface area contributed by atoms with Crippen LogP contribution < -0.4 is 10.1 Å². The second kappa shape index (κ2) is 9.49. The Morgan fingerprint density at radius 2 is 1.93 bits per heavy atom. The molecule has 0 radical (unpaired) electrons. The molecule has 3 heteroatoms. The van der Waals surface area contributed by atoms with E-state index in [-0.39, 0.29) is 5.60 Å². The Bertz CT molecular complexity index is 798. The van der Waals surface area contributed by atoms with Gasteiger partial charge in [-0.25, -0.2) is 0 Å². The summed E-state index contributed by atoms with van der Waals surface area (Å²) in [6, 6.07) is 13.3. The van der Waals surface area contributed by atoms with Crippen molar-refractivity contribution in [2.75, 3.05) is 13.2 Å². The van der Waals surface area contributed by atoms with Gasteiger partial charge in [-0.1, -0.05) is 30.7 Å². The van der Waals surface area contributed by atoms with E-state index in [2.05, 4.69) is 55.6 Å². The van der Waals surface area contributed by atoms with Gasteiger partial charge in [0.05, 0.1) is 11.7 Å². The molecule has 2 aromatic rings. The normalized spacial score (nSPS) is 25.1. The molecule has 29 heavy (non-hydrogen) atoms. The smallest absolute Gasteiger partial charge is 0.127 e. The van der Waals surface area contributed by atoms with Crippen molar-refractivity contribution in [3.63, 3.8) is 0 Å². The Hall–Kier alpha value is -1.58. The first-order chi connectivity index (χ1) is 14.2. The van der Waals surface area contributed by atoms with E-state index >= 15 is 0 Å². The van der Waals surface area contributed by atoms with Crippen LogP contribution in [0.15, 0.2) is 36.4 Å². The van der Waals surface area contributed by atoms with E-state index in [0.29, 0.717) is 12.0 Å². The molecule has 0 amide bonds. The SMILES string of the molecule is CCOC1(C)CCC1CCNCc1ccc2c(OC3CCCCC3)cccc2c1. The highest BCUT2D eigenvalue weighted by Crippen LogP contribution is 2.43. The lowest BCUT2D eigenvalue weighted by molar-refractivity contribution is -0.131. The molecular weight excluding hydrogens is 358 g/mol. The summed E-state index contributed by atoms with van der Waals surface area (Å²) in [5, 5.41) is 6.16. The predicted molar refractivity (Wildman–Crippen MR) is 121 cm³/mol. The number of fused-ring (bicyclic) bond motifs is 1. The molecule has 2 aliphatic rings. The number of nitrogens with one attached hydrogen (secondary N) is 1. The van der Waals surface area contributed by atoms with E-state index in [0.717, 1.165) is 25.4 Å². The molecule has 2 aliphatic carbocycles. The maximum Gasteiger partial charge on any atom is 0.127 e. The van der Waals surface area contributed by atoms with Crippen molar-refractivity contribution in [3.8, 4) is 5.75 Å². The molecule has 2 fully saturated rings. The van der Waals surface area contributed by atoms with E-state index in [1.807, 2.05) is 0 Å². The third kappa shape index (κ3) is 4.95. The van der Waals surface area contributed by atoms with Gasteiger partial charge in [-0.15, -0.1) is 0 Å². The molecule has 2 atom stereocenters. The quantitative estimate of drug-likeness (QED) is 0.510. The molecule has 3 nitrogen and oxygen atoms in total. The topological polar surface area (TPSA) is 30.5 Å². The van der Waals surface area contributed by atoms with Gasteiger partial charge >= 0.3 is 0 Å². The average molecular weight is 396 g/mol. The van der Waals surface area contributed by atoms with Crippen LogP contribution in [-0.4, -0.2) is 24.9 Å². The van der Waals surface area contributed by atoms with Crippen LogP contribution >= 0.6 is 0 Å². The fourth-order valence-corrected chi connectivity index (χ4v) is 5.11. The third-order valence-corrected chi connectivity index (χ3v) is 7.08. The molecule has 2 unspecified atom stereocenters. The van der Waals surface area contributed by atoms with E-state index in [9.17, 15) is 0 Å². The molecule has 0 aromatic heterocycles. The van der Waals surface area contributed by atoms with Crippen LogP contribution in [0, 0.1) is 5.92 Å². The zero-order chi connectivity index (χ0) is 20.1. The van der Waals surface area contributed by atoms with Gasteiger partial charge in [0, 0.05) is 18.5 Å². The van der Waals surface area contributed by atoms with Gasteiger partial charge in [0.1, 0.15) is 5.75 Å². The Labute approximate surface area is 176 Å². The Morgan fingerprint density at radius 3 is 2.69 bits per heavy atom. The van der Waals surface area contributed by atoms with Gasteiger partial charge < -0.3 is 14.8 Å². The van der Waals surface area contributed by atoms with Gasteiger partial charge in [-0.3, -0.25) is 0 Å². The average Bonchev–Trinajstić information content (AvgIpc) is 2.74. The second-order valence-electron chi connectivity index (χ2n) is 9.14. The number of ether oxygens (including phenoxy) is 2. The molecule has 2 saturated carbocycles. The summed E-state index contributed by atoms with van der Waals surface area (Å²) in [6.07, 6.45) is 10.5. The van der Waals surface area contributed by atoms with Crippen LogP contribution in [0.3, 0.4) is 0 Å². The summed E-state index contributed by atoms with van der Waals surface area (Å²) >= 11 is 0. The maximum absolute atomic E-state index is 6.36. The first-order valence-corrected chi connectivity index (χ1v) is 11.7. The predicted octanol–water partition coefficient (Wildman–Crippen LogP) is 6.24. The lowest BCUT2D eigenvalue weighted by Crippen LogP contribution is -2.47. The van der Waals surface area contributed by atoms with Crippen molar-refractivity contribution in [2.45, 2.75) is 83.5 Å². The molecule has 1 N–H and O–H groups in total. The minimum atomic E-state index is 0.119. The summed E-state index contributed by atoms with van der Waals surface area (Å²) in [6.45, 7) is 7.17. The lowest BCUT2D eigenvalue weighted by Gasteiger charge is -2.47. The van der Waals surface area contributed by atoms with Gasteiger partial charge in [0.15, 0.2) is 0 Å². The number of hydrogen-bond acceptors (Lipinski definition) is 3. The van der Waals surface area contributed by atoms with Crippen molar-refractivity contribution >= 4 is 10.8 Å². The van der Waals surface area contributed by atoms with E-state index in [4.69, 9.17) is 9.47 Å². The minimum Gasteiger partial charge on any atom is -0.490 e. The third-order valence-electron chi connectivity index (χ3n) is 7.08. The van der Waals surface area contributed by atoms with E-state index < -0.39 is 0 Å². The Kier molecular flexibility index (Phi) is 6.77. The molecule has 2 aromatic carbocycles. The van der Waals surface area contributed by atoms with Crippen molar-refractivity contribution in [3.05, 3.63) is 42.0 Å². The molecule has 0 saturated heterocycles. The number of benzene rings is 2. The van der Waals surface area contributed by atoms with Gasteiger partial charge in [0.25, 0.3) is 0 Å². The molecule has 4 rings (SSSR count). The molecule has 0 heterocycles. The Morgan fingerprint density at radius 1 is 1.07 bits per heavy atom. The molecule has 0 bridgehead atoms. The molecule has 158 valence electrons.